The minimum Gasteiger partial charge on any atom is -0.375 e. The Bertz CT molecular complexity index is 160. The van der Waals surface area contributed by atoms with E-state index >= 15 is 0 Å². The summed E-state index contributed by atoms with van der Waals surface area (Å²) in [6.07, 6.45) is 8.45. The third kappa shape index (κ3) is 2.23. The van der Waals surface area contributed by atoms with Gasteiger partial charge in [0.25, 0.3) is 0 Å². The molecular weight excluding hydrogens is 162 g/mol. The largest absolute Gasteiger partial charge is 0.375 e. The smallest absolute Gasteiger partial charge is 0.0728 e. The molecule has 1 aliphatic carbocycles. The summed E-state index contributed by atoms with van der Waals surface area (Å²) < 4.78 is 5.90. The molecule has 1 saturated carbocycles. The molecule has 76 valence electrons. The van der Waals surface area contributed by atoms with Crippen LogP contribution in [0, 0.1) is 0 Å². The maximum Gasteiger partial charge on any atom is 0.0728 e. The summed E-state index contributed by atoms with van der Waals surface area (Å²) >= 11 is 0. The lowest BCUT2D eigenvalue weighted by Gasteiger charge is -2.36. The van der Waals surface area contributed by atoms with E-state index < -0.39 is 0 Å². The molecule has 2 nitrogen and oxygen atoms in total. The Hall–Kier alpha value is -0.0800. The quantitative estimate of drug-likeness (QED) is 0.672. The normalized spacial score (nSPS) is 40.8. The summed E-state index contributed by atoms with van der Waals surface area (Å²) in [6.45, 7) is 3.16. The maximum atomic E-state index is 5.90. The van der Waals surface area contributed by atoms with E-state index in [1.807, 2.05) is 0 Å². The second-order valence-electron chi connectivity index (χ2n) is 4.39. The van der Waals surface area contributed by atoms with Crippen molar-refractivity contribution >= 4 is 0 Å². The Morgan fingerprint density at radius 1 is 1.23 bits per heavy atom. The average molecular weight is 183 g/mol. The topological polar surface area (TPSA) is 21.3 Å². The van der Waals surface area contributed by atoms with Crippen LogP contribution in [-0.2, 0) is 4.74 Å². The van der Waals surface area contributed by atoms with Gasteiger partial charge in [0.1, 0.15) is 0 Å². The molecule has 2 fully saturated rings. The predicted molar refractivity (Wildman–Crippen MR) is 53.8 cm³/mol. The average Bonchev–Trinajstić information content (AvgIpc) is 2.41. The third-order valence-electron chi connectivity index (χ3n) is 3.41. The molecular formula is C11H21NO. The molecule has 0 bridgehead atoms. The molecule has 1 N–H and O–H groups in total. The van der Waals surface area contributed by atoms with Gasteiger partial charge in [0, 0.05) is 12.1 Å². The number of fused-ring (bicyclic) bond motifs is 1. The van der Waals surface area contributed by atoms with E-state index in [1.165, 1.54) is 38.5 Å². The van der Waals surface area contributed by atoms with E-state index in [1.54, 1.807) is 0 Å². The van der Waals surface area contributed by atoms with Crippen molar-refractivity contribution in [2.75, 3.05) is 6.61 Å². The predicted octanol–water partition coefficient (Wildman–Crippen LogP) is 2.09. The Morgan fingerprint density at radius 2 is 2.08 bits per heavy atom. The molecule has 0 amide bonds. The standard InChI is InChI=1S/C11H21NO/c1-2-9-8-13-11-7-5-3-4-6-10(11)12-9/h9-12H,2-8H2,1H3. The first-order chi connectivity index (χ1) is 6.40. The fourth-order valence-corrected chi connectivity index (χ4v) is 2.49. The molecule has 3 unspecified atom stereocenters. The van der Waals surface area contributed by atoms with Crippen molar-refractivity contribution in [3.8, 4) is 0 Å². The van der Waals surface area contributed by atoms with Crippen LogP contribution in [0.3, 0.4) is 0 Å². The van der Waals surface area contributed by atoms with Crippen LogP contribution in [-0.4, -0.2) is 24.8 Å². The van der Waals surface area contributed by atoms with Crippen LogP contribution in [0.5, 0.6) is 0 Å². The van der Waals surface area contributed by atoms with Crippen LogP contribution in [0.4, 0.5) is 0 Å². The Balaban J connectivity index is 1.91. The second-order valence-corrected chi connectivity index (χ2v) is 4.39. The fraction of sp³-hybridized carbons (Fsp3) is 1.00. The van der Waals surface area contributed by atoms with Gasteiger partial charge in [-0.25, -0.2) is 0 Å². The zero-order valence-corrected chi connectivity index (χ0v) is 8.59. The molecule has 1 aliphatic heterocycles. The van der Waals surface area contributed by atoms with Crippen molar-refractivity contribution < 1.29 is 4.74 Å². The van der Waals surface area contributed by atoms with Crippen molar-refractivity contribution in [2.45, 2.75) is 63.6 Å². The summed E-state index contributed by atoms with van der Waals surface area (Å²) in [5.74, 6) is 0. The highest BCUT2D eigenvalue weighted by atomic mass is 16.5. The van der Waals surface area contributed by atoms with Crippen LogP contribution in [0.1, 0.15) is 45.4 Å². The van der Waals surface area contributed by atoms with Crippen LogP contribution in [0.25, 0.3) is 0 Å². The summed E-state index contributed by atoms with van der Waals surface area (Å²) in [5, 5.41) is 3.72. The van der Waals surface area contributed by atoms with Crippen molar-refractivity contribution in [3.05, 3.63) is 0 Å². The molecule has 0 aromatic heterocycles. The van der Waals surface area contributed by atoms with Crippen molar-refractivity contribution in [2.24, 2.45) is 0 Å². The van der Waals surface area contributed by atoms with Crippen molar-refractivity contribution in [3.63, 3.8) is 0 Å². The van der Waals surface area contributed by atoms with E-state index in [-0.39, 0.29) is 0 Å². The van der Waals surface area contributed by atoms with Gasteiger partial charge in [-0.3, -0.25) is 0 Å². The van der Waals surface area contributed by atoms with Gasteiger partial charge in [-0.2, -0.15) is 0 Å². The number of morpholine rings is 1. The number of hydrogen-bond acceptors (Lipinski definition) is 2. The molecule has 3 atom stereocenters. The molecule has 2 aliphatic rings. The highest BCUT2D eigenvalue weighted by Crippen LogP contribution is 2.24. The zero-order chi connectivity index (χ0) is 9.10. The number of rotatable bonds is 1. The minimum atomic E-state index is 0.519. The lowest BCUT2D eigenvalue weighted by Crippen LogP contribution is -2.53. The number of ether oxygens (including phenoxy) is 1. The van der Waals surface area contributed by atoms with Gasteiger partial charge in [-0.05, 0) is 19.3 Å². The maximum absolute atomic E-state index is 5.90. The van der Waals surface area contributed by atoms with Gasteiger partial charge in [-0.15, -0.1) is 0 Å². The van der Waals surface area contributed by atoms with Gasteiger partial charge in [0.2, 0.25) is 0 Å². The second kappa shape index (κ2) is 4.43. The lowest BCUT2D eigenvalue weighted by molar-refractivity contribution is -0.0309. The molecule has 0 aromatic rings. The molecule has 0 radical (unpaired) electrons. The van der Waals surface area contributed by atoms with E-state index in [2.05, 4.69) is 12.2 Å². The number of hydrogen-bond donors (Lipinski definition) is 1. The van der Waals surface area contributed by atoms with Gasteiger partial charge < -0.3 is 10.1 Å². The van der Waals surface area contributed by atoms with E-state index in [4.69, 9.17) is 4.74 Å². The first kappa shape index (κ1) is 9.47. The van der Waals surface area contributed by atoms with Crippen molar-refractivity contribution in [1.29, 1.82) is 0 Å². The van der Waals surface area contributed by atoms with Gasteiger partial charge in [-0.1, -0.05) is 26.2 Å². The van der Waals surface area contributed by atoms with Gasteiger partial charge >= 0.3 is 0 Å². The first-order valence-corrected chi connectivity index (χ1v) is 5.78. The van der Waals surface area contributed by atoms with Gasteiger partial charge in [0.15, 0.2) is 0 Å². The van der Waals surface area contributed by atoms with E-state index in [0.717, 1.165) is 6.61 Å². The van der Waals surface area contributed by atoms with Crippen LogP contribution < -0.4 is 5.32 Å². The monoisotopic (exact) mass is 183 g/mol. The SMILES string of the molecule is CCC1COC2CCCCCC2N1. The van der Waals surface area contributed by atoms with E-state index in [0.29, 0.717) is 18.2 Å². The Labute approximate surface area is 81.0 Å². The molecule has 13 heavy (non-hydrogen) atoms. The first-order valence-electron chi connectivity index (χ1n) is 5.78. The molecule has 1 saturated heterocycles. The minimum absolute atomic E-state index is 0.519. The van der Waals surface area contributed by atoms with Crippen LogP contribution in [0.15, 0.2) is 0 Å². The van der Waals surface area contributed by atoms with Crippen LogP contribution in [0.2, 0.25) is 0 Å². The van der Waals surface area contributed by atoms with E-state index in [9.17, 15) is 0 Å². The van der Waals surface area contributed by atoms with Gasteiger partial charge in [0.05, 0.1) is 12.7 Å². The highest BCUT2D eigenvalue weighted by Gasteiger charge is 2.30. The summed E-state index contributed by atoms with van der Waals surface area (Å²) in [5.41, 5.74) is 0. The third-order valence-corrected chi connectivity index (χ3v) is 3.41. The highest BCUT2D eigenvalue weighted by molar-refractivity contribution is 4.87. The Morgan fingerprint density at radius 3 is 2.92 bits per heavy atom. The molecule has 0 aromatic carbocycles. The fourth-order valence-electron chi connectivity index (χ4n) is 2.49. The molecule has 2 heteroatoms. The molecule has 0 spiro atoms. The summed E-state index contributed by atoms with van der Waals surface area (Å²) in [6, 6.07) is 1.26. The molecule has 1 heterocycles. The zero-order valence-electron chi connectivity index (χ0n) is 8.59. The van der Waals surface area contributed by atoms with Crippen molar-refractivity contribution in [1.82, 2.24) is 5.32 Å². The Kier molecular flexibility index (Phi) is 3.23. The van der Waals surface area contributed by atoms with Crippen LogP contribution >= 0.6 is 0 Å². The lowest BCUT2D eigenvalue weighted by atomic mass is 10.0. The summed E-state index contributed by atoms with van der Waals surface area (Å²) in [7, 11) is 0. The number of nitrogens with one attached hydrogen (secondary N) is 1. The molecule has 2 rings (SSSR count). The summed E-state index contributed by atoms with van der Waals surface area (Å²) in [4.78, 5) is 0.